The van der Waals surface area contributed by atoms with Gasteiger partial charge in [-0.15, -0.1) is 0 Å². The van der Waals surface area contributed by atoms with Gasteiger partial charge in [-0.25, -0.2) is 22.3 Å². The van der Waals surface area contributed by atoms with Crippen LogP contribution < -0.4 is 10.5 Å². The number of amides is 1. The van der Waals surface area contributed by atoms with Crippen LogP contribution in [0.25, 0.3) is 0 Å². The molecule has 5 nitrogen and oxygen atoms in total. The van der Waals surface area contributed by atoms with Crippen molar-refractivity contribution < 1.29 is 22.0 Å². The molecule has 0 bridgehead atoms. The molecule has 0 spiro atoms. The third kappa shape index (κ3) is 4.21. The smallest absolute Gasteiger partial charge is 0.252 e. The number of primary sulfonamides is 1. The Morgan fingerprint density at radius 3 is 2.32 bits per heavy atom. The molecule has 0 aliphatic rings. The summed E-state index contributed by atoms with van der Waals surface area (Å²) in [4.78, 5) is 12.3. The maximum Gasteiger partial charge on any atom is 0.252 e. The Hall–Kier alpha value is -2.32. The second-order valence-corrected chi connectivity index (χ2v) is 7.37. The average Bonchev–Trinajstić information content (AvgIpc) is 2.45. The van der Waals surface area contributed by atoms with Crippen molar-refractivity contribution in [1.29, 1.82) is 0 Å². The van der Waals surface area contributed by atoms with E-state index in [1.165, 1.54) is 18.2 Å². The van der Waals surface area contributed by atoms with Gasteiger partial charge < -0.3 is 5.32 Å². The van der Waals surface area contributed by atoms with E-state index in [-0.39, 0.29) is 16.0 Å². The summed E-state index contributed by atoms with van der Waals surface area (Å²) >= 11 is 0. The van der Waals surface area contributed by atoms with Crippen LogP contribution in [-0.4, -0.2) is 14.3 Å². The molecule has 1 amide bonds. The minimum absolute atomic E-state index is 0.115. The molecule has 25 heavy (non-hydrogen) atoms. The summed E-state index contributed by atoms with van der Waals surface area (Å²) in [6.45, 7) is 4.77. The second-order valence-electron chi connectivity index (χ2n) is 5.84. The van der Waals surface area contributed by atoms with E-state index in [2.05, 4.69) is 5.32 Å². The fraction of sp³-hybridized carbons (Fsp3) is 0.235. The van der Waals surface area contributed by atoms with Crippen LogP contribution in [0.5, 0.6) is 0 Å². The molecular formula is C17H18F2N2O3S. The first-order chi connectivity index (χ1) is 11.5. The van der Waals surface area contributed by atoms with Crippen LogP contribution in [0, 0.1) is 25.5 Å². The molecule has 3 N–H and O–H groups in total. The predicted molar refractivity (Wildman–Crippen MR) is 89.5 cm³/mol. The fourth-order valence-corrected chi connectivity index (χ4v) is 3.38. The Bertz CT molecular complexity index is 943. The van der Waals surface area contributed by atoms with Crippen molar-refractivity contribution in [2.45, 2.75) is 31.7 Å². The molecule has 1 unspecified atom stereocenters. The summed E-state index contributed by atoms with van der Waals surface area (Å²) in [5, 5.41) is 7.73. The van der Waals surface area contributed by atoms with Gasteiger partial charge >= 0.3 is 0 Å². The molecule has 0 radical (unpaired) electrons. The van der Waals surface area contributed by atoms with Gasteiger partial charge in [0.2, 0.25) is 10.0 Å². The lowest BCUT2D eigenvalue weighted by molar-refractivity contribution is 0.0938. The van der Waals surface area contributed by atoms with E-state index in [0.717, 1.165) is 12.1 Å². The molecule has 0 aliphatic carbocycles. The van der Waals surface area contributed by atoms with Gasteiger partial charge in [0.25, 0.3) is 5.91 Å². The van der Waals surface area contributed by atoms with E-state index < -0.39 is 33.6 Å². The summed E-state index contributed by atoms with van der Waals surface area (Å²) < 4.78 is 50.1. The van der Waals surface area contributed by atoms with Crippen LogP contribution in [-0.2, 0) is 10.0 Å². The van der Waals surface area contributed by atoms with Gasteiger partial charge in [0.15, 0.2) is 0 Å². The van der Waals surface area contributed by atoms with Crippen molar-refractivity contribution in [1.82, 2.24) is 5.32 Å². The monoisotopic (exact) mass is 368 g/mol. The van der Waals surface area contributed by atoms with E-state index in [1.807, 2.05) is 0 Å². The molecule has 2 aromatic carbocycles. The van der Waals surface area contributed by atoms with Crippen LogP contribution in [0.4, 0.5) is 8.78 Å². The minimum Gasteiger partial charge on any atom is -0.345 e. The van der Waals surface area contributed by atoms with Crippen LogP contribution in [0.3, 0.4) is 0 Å². The summed E-state index contributed by atoms with van der Waals surface area (Å²) in [5.41, 5.74) is 1.21. The number of carbonyl (C=O) groups is 1. The highest BCUT2D eigenvalue weighted by atomic mass is 32.2. The maximum absolute atomic E-state index is 13.8. The number of hydrogen-bond donors (Lipinski definition) is 2. The molecule has 1 atom stereocenters. The highest BCUT2D eigenvalue weighted by molar-refractivity contribution is 7.89. The Morgan fingerprint density at radius 2 is 1.76 bits per heavy atom. The van der Waals surface area contributed by atoms with Gasteiger partial charge in [-0.3, -0.25) is 4.79 Å². The van der Waals surface area contributed by atoms with Crippen molar-refractivity contribution in [2.75, 3.05) is 0 Å². The van der Waals surface area contributed by atoms with Crippen molar-refractivity contribution >= 4 is 15.9 Å². The number of nitrogens with two attached hydrogens (primary N) is 1. The van der Waals surface area contributed by atoms with Crippen LogP contribution in [0.2, 0.25) is 0 Å². The molecule has 0 aliphatic heterocycles. The molecule has 0 heterocycles. The van der Waals surface area contributed by atoms with E-state index in [1.54, 1.807) is 20.8 Å². The number of sulfonamides is 1. The molecule has 2 aromatic rings. The van der Waals surface area contributed by atoms with E-state index in [4.69, 9.17) is 5.14 Å². The lowest BCUT2D eigenvalue weighted by Gasteiger charge is -2.17. The summed E-state index contributed by atoms with van der Waals surface area (Å²) in [5.74, 6) is -2.08. The predicted octanol–water partition coefficient (Wildman–Crippen LogP) is 2.72. The number of carbonyl (C=O) groups excluding carboxylic acids is 1. The Balaban J connectivity index is 2.35. The van der Waals surface area contributed by atoms with Crippen molar-refractivity contribution in [3.05, 3.63) is 64.2 Å². The topological polar surface area (TPSA) is 89.3 Å². The lowest BCUT2D eigenvalue weighted by atomic mass is 10.0. The van der Waals surface area contributed by atoms with E-state index in [0.29, 0.717) is 11.1 Å². The molecule has 0 saturated heterocycles. The zero-order valence-corrected chi connectivity index (χ0v) is 14.7. The van der Waals surface area contributed by atoms with Crippen LogP contribution >= 0.6 is 0 Å². The van der Waals surface area contributed by atoms with Crippen molar-refractivity contribution in [2.24, 2.45) is 5.14 Å². The molecule has 134 valence electrons. The summed E-state index contributed by atoms with van der Waals surface area (Å²) in [6.07, 6.45) is 0. The standard InChI is InChI=1S/C17H18F2N2O3S/c1-9-6-10(2)16(25(20,23)24)8-14(9)17(22)21-11(3)13-5-4-12(18)7-15(13)19/h4-8,11H,1-3H3,(H,21,22)(H2,20,23,24). The first-order valence-electron chi connectivity index (χ1n) is 7.40. The second kappa shape index (κ2) is 6.89. The van der Waals surface area contributed by atoms with Gasteiger partial charge in [-0.05, 0) is 44.0 Å². The molecule has 2 rings (SSSR count). The zero-order chi connectivity index (χ0) is 18.9. The lowest BCUT2D eigenvalue weighted by Crippen LogP contribution is -2.28. The quantitative estimate of drug-likeness (QED) is 0.870. The molecule has 0 saturated carbocycles. The maximum atomic E-state index is 13.8. The number of benzene rings is 2. The van der Waals surface area contributed by atoms with Gasteiger partial charge in [0, 0.05) is 17.2 Å². The Labute approximate surface area is 144 Å². The van der Waals surface area contributed by atoms with Crippen LogP contribution in [0.1, 0.15) is 40.0 Å². The highest BCUT2D eigenvalue weighted by Gasteiger charge is 2.20. The first kappa shape index (κ1) is 19.0. The summed E-state index contributed by atoms with van der Waals surface area (Å²) in [6, 6.07) is 5.06. The van der Waals surface area contributed by atoms with Gasteiger partial charge in [-0.2, -0.15) is 0 Å². The Kier molecular flexibility index (Phi) is 5.24. The number of nitrogens with one attached hydrogen (secondary N) is 1. The third-order valence-corrected chi connectivity index (χ3v) is 4.90. The molecular weight excluding hydrogens is 350 g/mol. The molecule has 0 fully saturated rings. The number of hydrogen-bond acceptors (Lipinski definition) is 3. The highest BCUT2D eigenvalue weighted by Crippen LogP contribution is 2.22. The van der Waals surface area contributed by atoms with Crippen molar-refractivity contribution in [3.63, 3.8) is 0 Å². The third-order valence-electron chi connectivity index (χ3n) is 3.85. The molecule has 0 aromatic heterocycles. The fourth-order valence-electron chi connectivity index (χ4n) is 2.59. The first-order valence-corrected chi connectivity index (χ1v) is 8.95. The van der Waals surface area contributed by atoms with Gasteiger partial charge in [0.1, 0.15) is 11.6 Å². The van der Waals surface area contributed by atoms with Gasteiger partial charge in [-0.1, -0.05) is 12.1 Å². The van der Waals surface area contributed by atoms with Crippen molar-refractivity contribution in [3.8, 4) is 0 Å². The SMILES string of the molecule is Cc1cc(C)c(S(N)(=O)=O)cc1C(=O)NC(C)c1ccc(F)cc1F. The molecule has 8 heteroatoms. The average molecular weight is 368 g/mol. The largest absolute Gasteiger partial charge is 0.345 e. The normalized spacial score (nSPS) is 12.7. The Morgan fingerprint density at radius 1 is 1.12 bits per heavy atom. The number of halogens is 2. The van der Waals surface area contributed by atoms with Crippen LogP contribution in [0.15, 0.2) is 35.2 Å². The van der Waals surface area contributed by atoms with E-state index >= 15 is 0 Å². The van der Waals surface area contributed by atoms with E-state index in [9.17, 15) is 22.0 Å². The zero-order valence-electron chi connectivity index (χ0n) is 13.9. The minimum atomic E-state index is -3.98. The number of rotatable bonds is 4. The number of aryl methyl sites for hydroxylation is 2. The summed E-state index contributed by atoms with van der Waals surface area (Å²) in [7, 11) is -3.98. The van der Waals surface area contributed by atoms with Gasteiger partial charge in [0.05, 0.1) is 10.9 Å².